The molecule has 0 aliphatic carbocycles. The van der Waals surface area contributed by atoms with Gasteiger partial charge >= 0.3 is 0 Å². The molecule has 2 N–H and O–H groups in total. The van der Waals surface area contributed by atoms with Gasteiger partial charge in [-0.1, -0.05) is 66.7 Å². The molecule has 2 heterocycles. The summed E-state index contributed by atoms with van der Waals surface area (Å²) in [5.74, 6) is -1.72. The Kier molecular flexibility index (Phi) is 9.83. The molecule has 0 atom stereocenters. The molecule has 11 heteroatoms. The maximum Gasteiger partial charge on any atom is 0.270 e. The zero-order valence-electron chi connectivity index (χ0n) is 23.7. The number of para-hydroxylation sites is 1. The molecule has 8 nitrogen and oxygen atoms in total. The van der Waals surface area contributed by atoms with Crippen LogP contribution in [0.4, 0.5) is 4.39 Å². The van der Waals surface area contributed by atoms with Crippen molar-refractivity contribution in [3.8, 4) is 27.6 Å². The highest BCUT2D eigenvalue weighted by atomic mass is 35.5. The van der Waals surface area contributed by atoms with Gasteiger partial charge in [0.05, 0.1) is 22.4 Å². The van der Waals surface area contributed by atoms with Crippen molar-refractivity contribution in [2.24, 2.45) is 0 Å². The third-order valence-corrected chi connectivity index (χ3v) is 7.99. The fraction of sp³-hybridized carbons (Fsp3) is 0.152. The monoisotopic (exact) mass is 630 g/mol. The number of benzene rings is 3. The molecule has 2 aromatic heterocycles. The number of aromatic nitrogens is 2. The molecule has 44 heavy (non-hydrogen) atoms. The zero-order chi connectivity index (χ0) is 31.1. The molecule has 0 unspecified atom stereocenters. The van der Waals surface area contributed by atoms with Crippen molar-refractivity contribution in [2.45, 2.75) is 26.5 Å². The van der Waals surface area contributed by atoms with Crippen molar-refractivity contribution in [1.29, 1.82) is 0 Å². The Morgan fingerprint density at radius 2 is 1.68 bits per heavy atom. The Hall–Kier alpha value is -4.80. The smallest absolute Gasteiger partial charge is 0.270 e. The Morgan fingerprint density at radius 1 is 0.977 bits per heavy atom. The number of alkyl halides is 1. The Morgan fingerprint density at radius 3 is 2.39 bits per heavy atom. The number of carbonyl (C=O) groups is 2. The number of nitrogens with one attached hydrogen (secondary N) is 2. The second-order valence-electron chi connectivity index (χ2n) is 9.81. The molecular weight excluding hydrogens is 603 g/mol. The molecule has 3 aromatic carbocycles. The summed E-state index contributed by atoms with van der Waals surface area (Å²) in [5.41, 5.74) is 7.37. The van der Waals surface area contributed by atoms with Gasteiger partial charge < -0.3 is 4.74 Å². The summed E-state index contributed by atoms with van der Waals surface area (Å²) in [5, 5.41) is 1.58. The number of rotatable bonds is 10. The average Bonchev–Trinajstić information content (AvgIpc) is 3.53. The van der Waals surface area contributed by atoms with Crippen LogP contribution in [0.3, 0.4) is 0 Å². The van der Waals surface area contributed by atoms with Crippen LogP contribution in [0.25, 0.3) is 21.8 Å². The van der Waals surface area contributed by atoms with E-state index in [1.165, 1.54) is 22.0 Å². The van der Waals surface area contributed by atoms with E-state index in [2.05, 4.69) is 10.9 Å². The highest BCUT2D eigenvalue weighted by Crippen LogP contribution is 2.34. The van der Waals surface area contributed by atoms with Crippen molar-refractivity contribution in [3.63, 3.8) is 0 Å². The first-order chi connectivity index (χ1) is 21.4. The van der Waals surface area contributed by atoms with E-state index in [-0.39, 0.29) is 41.7 Å². The summed E-state index contributed by atoms with van der Waals surface area (Å²) in [6.07, 6.45) is 0.520. The van der Waals surface area contributed by atoms with Crippen LogP contribution in [-0.2, 0) is 24.4 Å². The summed E-state index contributed by atoms with van der Waals surface area (Å²) in [7, 11) is 0. The molecule has 0 aliphatic rings. The van der Waals surface area contributed by atoms with E-state index in [1.807, 2.05) is 60.7 Å². The first kappa shape index (κ1) is 30.7. The standard InChI is InChI=1S/C33H28ClFN4O4S/c1-21-29(27-17-24(20-44-27)32(41)38-37-28(40)18-34)33(42)39(16-15-22-9-4-2-5-10-22)31(36-21)25-13-8-14-26(35)30(25)43-19-23-11-6-3-7-12-23/h2-14,17,20H,15-16,18-19H2,1H3,(H,37,40)(H,38,41). The molecule has 5 rings (SSSR count). The molecule has 0 fully saturated rings. The first-order valence-electron chi connectivity index (χ1n) is 13.7. The molecule has 0 saturated carbocycles. The lowest BCUT2D eigenvalue weighted by atomic mass is 10.1. The number of hydrogen-bond donors (Lipinski definition) is 2. The summed E-state index contributed by atoms with van der Waals surface area (Å²) < 4.78 is 22.8. The Labute approximate surface area is 262 Å². The van der Waals surface area contributed by atoms with Crippen LogP contribution in [0.15, 0.2) is 95.1 Å². The highest BCUT2D eigenvalue weighted by molar-refractivity contribution is 7.13. The third-order valence-electron chi connectivity index (χ3n) is 6.80. The molecule has 0 saturated heterocycles. The van der Waals surface area contributed by atoms with Crippen molar-refractivity contribution >= 4 is 34.8 Å². The third kappa shape index (κ3) is 7.04. The largest absolute Gasteiger partial charge is 0.485 e. The lowest BCUT2D eigenvalue weighted by molar-refractivity contribution is -0.119. The van der Waals surface area contributed by atoms with E-state index in [0.29, 0.717) is 28.1 Å². The molecule has 2 amide bonds. The van der Waals surface area contributed by atoms with Gasteiger partial charge in [-0.3, -0.25) is 29.8 Å². The van der Waals surface area contributed by atoms with Gasteiger partial charge in [0, 0.05) is 16.8 Å². The van der Waals surface area contributed by atoms with E-state index in [0.717, 1.165) is 11.1 Å². The van der Waals surface area contributed by atoms with Gasteiger partial charge in [-0.25, -0.2) is 9.37 Å². The van der Waals surface area contributed by atoms with Gasteiger partial charge in [-0.05, 0) is 42.7 Å². The van der Waals surface area contributed by atoms with E-state index in [4.69, 9.17) is 21.3 Å². The topological polar surface area (TPSA) is 102 Å². The van der Waals surface area contributed by atoms with Crippen LogP contribution in [0.2, 0.25) is 0 Å². The quantitative estimate of drug-likeness (QED) is 0.148. The highest BCUT2D eigenvalue weighted by Gasteiger charge is 2.23. The van der Waals surface area contributed by atoms with Crippen LogP contribution in [0, 0.1) is 12.7 Å². The second kappa shape index (κ2) is 14.1. The average molecular weight is 631 g/mol. The Bertz CT molecular complexity index is 1840. The number of thiophene rings is 1. The predicted molar refractivity (Wildman–Crippen MR) is 169 cm³/mol. The summed E-state index contributed by atoms with van der Waals surface area (Å²) in [6.45, 7) is 2.09. The van der Waals surface area contributed by atoms with Gasteiger partial charge in [-0.15, -0.1) is 22.9 Å². The van der Waals surface area contributed by atoms with Gasteiger partial charge in [-0.2, -0.15) is 0 Å². The van der Waals surface area contributed by atoms with Crippen molar-refractivity contribution in [3.05, 3.63) is 129 Å². The van der Waals surface area contributed by atoms with Crippen LogP contribution in [0.5, 0.6) is 5.75 Å². The zero-order valence-corrected chi connectivity index (χ0v) is 25.3. The fourth-order valence-corrected chi connectivity index (χ4v) is 5.67. The van der Waals surface area contributed by atoms with Gasteiger partial charge in [0.2, 0.25) is 0 Å². The van der Waals surface area contributed by atoms with Crippen LogP contribution in [0.1, 0.15) is 27.2 Å². The van der Waals surface area contributed by atoms with Gasteiger partial charge in [0.1, 0.15) is 18.3 Å². The normalized spacial score (nSPS) is 10.8. The number of hydrogen-bond acceptors (Lipinski definition) is 6. The van der Waals surface area contributed by atoms with E-state index in [1.54, 1.807) is 30.5 Å². The molecular formula is C33H28ClFN4O4S. The van der Waals surface area contributed by atoms with Crippen molar-refractivity contribution < 1.29 is 18.7 Å². The molecule has 0 radical (unpaired) electrons. The molecule has 0 bridgehead atoms. The summed E-state index contributed by atoms with van der Waals surface area (Å²) >= 11 is 6.66. The minimum atomic E-state index is -0.570. The summed E-state index contributed by atoms with van der Waals surface area (Å²) in [4.78, 5) is 43.6. The van der Waals surface area contributed by atoms with Crippen LogP contribution >= 0.6 is 22.9 Å². The molecule has 0 spiro atoms. The van der Waals surface area contributed by atoms with E-state index < -0.39 is 17.6 Å². The second-order valence-corrected chi connectivity index (χ2v) is 11.0. The van der Waals surface area contributed by atoms with Crippen molar-refractivity contribution in [1.82, 2.24) is 20.4 Å². The van der Waals surface area contributed by atoms with Crippen LogP contribution < -0.4 is 21.1 Å². The van der Waals surface area contributed by atoms with E-state index in [9.17, 15) is 14.4 Å². The maximum atomic E-state index is 15.3. The number of carbonyl (C=O) groups excluding carboxylic acids is 2. The predicted octanol–water partition coefficient (Wildman–Crippen LogP) is 5.91. The first-order valence-corrected chi connectivity index (χ1v) is 15.1. The van der Waals surface area contributed by atoms with Crippen LogP contribution in [-0.4, -0.2) is 27.2 Å². The SMILES string of the molecule is Cc1nc(-c2cccc(F)c2OCc2ccccc2)n(CCc2ccccc2)c(=O)c1-c1cc(C(=O)NNC(=O)CCl)cs1. The molecule has 0 aliphatic heterocycles. The molecule has 224 valence electrons. The number of halogens is 2. The fourth-order valence-electron chi connectivity index (χ4n) is 4.62. The lowest BCUT2D eigenvalue weighted by Crippen LogP contribution is -2.42. The maximum absolute atomic E-state index is 15.3. The van der Waals surface area contributed by atoms with Crippen molar-refractivity contribution in [2.75, 3.05) is 5.88 Å². The minimum Gasteiger partial charge on any atom is -0.485 e. The minimum absolute atomic E-state index is 0.00191. The number of hydrazine groups is 1. The van der Waals surface area contributed by atoms with Gasteiger partial charge in [0.25, 0.3) is 17.4 Å². The number of ether oxygens (including phenoxy) is 1. The lowest BCUT2D eigenvalue weighted by Gasteiger charge is -2.18. The van der Waals surface area contributed by atoms with Gasteiger partial charge in [0.15, 0.2) is 11.6 Å². The summed E-state index contributed by atoms with van der Waals surface area (Å²) in [6, 6.07) is 25.2. The molecule has 5 aromatic rings. The van der Waals surface area contributed by atoms with E-state index >= 15 is 4.39 Å². The number of amides is 2. The number of nitrogens with zero attached hydrogens (tertiary/aromatic N) is 2. The number of aryl methyl sites for hydroxylation is 2. The Balaban J connectivity index is 1.56.